The van der Waals surface area contributed by atoms with E-state index in [1.807, 2.05) is 0 Å². The van der Waals surface area contributed by atoms with Gasteiger partial charge in [-0.3, -0.25) is 9.59 Å². The third-order valence-corrected chi connectivity index (χ3v) is 2.24. The molecule has 1 rings (SSSR count). The van der Waals surface area contributed by atoms with Crippen LogP contribution in [0.4, 0.5) is 0 Å². The fourth-order valence-corrected chi connectivity index (χ4v) is 1.14. The van der Waals surface area contributed by atoms with Crippen LogP contribution >= 0.6 is 0 Å². The van der Waals surface area contributed by atoms with Crippen molar-refractivity contribution in [3.63, 3.8) is 0 Å². The molecule has 21 heavy (non-hydrogen) atoms. The number of carbonyl (C=O) groups is 2. The summed E-state index contributed by atoms with van der Waals surface area (Å²) >= 11 is 0. The number of phenols is 3. The maximum atomic E-state index is 10.9. The minimum absolute atomic E-state index is 0.0645. The Morgan fingerprint density at radius 1 is 1.00 bits per heavy atom. The number of carbonyl (C=O) groups excluding carboxylic acids is 2. The number of benzene rings is 1. The maximum Gasteiger partial charge on any atom is 0.320 e. The van der Waals surface area contributed by atoms with Crippen LogP contribution in [-0.2, 0) is 19.1 Å². The summed E-state index contributed by atoms with van der Waals surface area (Å²) in [4.78, 5) is 21.9. The van der Waals surface area contributed by atoms with Gasteiger partial charge >= 0.3 is 11.9 Å². The molecule has 0 spiro atoms. The molecule has 0 fully saturated rings. The van der Waals surface area contributed by atoms with Crippen molar-refractivity contribution in [1.29, 1.82) is 0 Å². The minimum atomic E-state index is -0.815. The molecule has 118 valence electrons. The highest BCUT2D eigenvalue weighted by molar-refractivity contribution is 5.94. The zero-order valence-electron chi connectivity index (χ0n) is 12.2. The molecule has 0 unspecified atom stereocenters. The van der Waals surface area contributed by atoms with Gasteiger partial charge in [-0.2, -0.15) is 0 Å². The molecule has 0 aliphatic heterocycles. The summed E-state index contributed by atoms with van der Waals surface area (Å²) in [6.07, 6.45) is 0. The van der Waals surface area contributed by atoms with E-state index in [9.17, 15) is 9.59 Å². The summed E-state index contributed by atoms with van der Waals surface area (Å²) in [6, 6.07) is 3.56. The van der Waals surface area contributed by atoms with Gasteiger partial charge in [0.05, 0.1) is 13.2 Å². The van der Waals surface area contributed by atoms with E-state index >= 15 is 0 Å². The van der Waals surface area contributed by atoms with E-state index in [4.69, 9.17) is 15.3 Å². The Morgan fingerprint density at radius 2 is 1.48 bits per heavy atom. The first-order chi connectivity index (χ1) is 9.83. The Hall–Kier alpha value is -2.44. The van der Waals surface area contributed by atoms with Crippen LogP contribution in [0, 0.1) is 5.92 Å². The molecule has 3 N–H and O–H groups in total. The number of hydrogen-bond acceptors (Lipinski definition) is 7. The second-order valence-electron chi connectivity index (χ2n) is 3.90. The van der Waals surface area contributed by atoms with Gasteiger partial charge in [0, 0.05) is 6.07 Å². The van der Waals surface area contributed by atoms with E-state index in [1.165, 1.54) is 19.1 Å². The molecule has 0 amide bonds. The SMILES string of the molecule is CCOC(=O)C(C)C(=O)OCC.Oc1ccc(O)c(O)c1. The predicted octanol–water partition coefficient (Wildman–Crippen LogP) is 1.55. The van der Waals surface area contributed by atoms with Crippen LogP contribution in [-0.4, -0.2) is 40.5 Å². The third-order valence-electron chi connectivity index (χ3n) is 2.24. The van der Waals surface area contributed by atoms with Crippen molar-refractivity contribution in [3.05, 3.63) is 18.2 Å². The van der Waals surface area contributed by atoms with Crippen LogP contribution in [0.3, 0.4) is 0 Å². The lowest BCUT2D eigenvalue weighted by Gasteiger charge is -2.08. The second-order valence-corrected chi connectivity index (χ2v) is 3.90. The summed E-state index contributed by atoms with van der Waals surface area (Å²) in [5, 5.41) is 26.0. The lowest BCUT2D eigenvalue weighted by Crippen LogP contribution is -2.25. The molecule has 0 bridgehead atoms. The number of rotatable bonds is 4. The van der Waals surface area contributed by atoms with Gasteiger partial charge < -0.3 is 24.8 Å². The third kappa shape index (κ3) is 7.05. The minimum Gasteiger partial charge on any atom is -0.508 e. The number of ether oxygens (including phenoxy) is 2. The van der Waals surface area contributed by atoms with Crippen LogP contribution in [0.25, 0.3) is 0 Å². The maximum absolute atomic E-state index is 10.9. The molecule has 0 radical (unpaired) electrons. The topological polar surface area (TPSA) is 113 Å². The van der Waals surface area contributed by atoms with Gasteiger partial charge in [-0.15, -0.1) is 0 Å². The van der Waals surface area contributed by atoms with Crippen molar-refractivity contribution in [2.75, 3.05) is 13.2 Å². The Bertz CT molecular complexity index is 452. The molecule has 7 heteroatoms. The Labute approximate surface area is 122 Å². The van der Waals surface area contributed by atoms with E-state index in [2.05, 4.69) is 9.47 Å². The average molecular weight is 300 g/mol. The monoisotopic (exact) mass is 300 g/mol. The molecular weight excluding hydrogens is 280 g/mol. The highest BCUT2D eigenvalue weighted by Gasteiger charge is 2.23. The van der Waals surface area contributed by atoms with Crippen molar-refractivity contribution in [2.24, 2.45) is 5.92 Å². The van der Waals surface area contributed by atoms with Crippen molar-refractivity contribution in [2.45, 2.75) is 20.8 Å². The summed E-state index contributed by atoms with van der Waals surface area (Å²) < 4.78 is 9.26. The molecule has 1 aromatic rings. The van der Waals surface area contributed by atoms with E-state index in [-0.39, 0.29) is 30.5 Å². The fraction of sp³-hybridized carbons (Fsp3) is 0.429. The fourth-order valence-electron chi connectivity index (χ4n) is 1.14. The van der Waals surface area contributed by atoms with E-state index < -0.39 is 17.9 Å². The van der Waals surface area contributed by atoms with Gasteiger partial charge in [0.1, 0.15) is 5.75 Å². The molecule has 1 aromatic carbocycles. The second kappa shape index (κ2) is 9.46. The number of esters is 2. The van der Waals surface area contributed by atoms with Crippen LogP contribution in [0.5, 0.6) is 17.2 Å². The average Bonchev–Trinajstić information content (AvgIpc) is 2.43. The highest BCUT2D eigenvalue weighted by Crippen LogP contribution is 2.27. The van der Waals surface area contributed by atoms with Crippen LogP contribution < -0.4 is 0 Å². The summed E-state index contributed by atoms with van der Waals surface area (Å²) in [5.74, 6) is -2.48. The van der Waals surface area contributed by atoms with Gasteiger partial charge in [-0.05, 0) is 32.9 Å². The van der Waals surface area contributed by atoms with Crippen molar-refractivity contribution >= 4 is 11.9 Å². The zero-order chi connectivity index (χ0) is 16.4. The lowest BCUT2D eigenvalue weighted by molar-refractivity contribution is -0.160. The lowest BCUT2D eigenvalue weighted by atomic mass is 10.2. The molecule has 0 heterocycles. The highest BCUT2D eigenvalue weighted by atomic mass is 16.6. The molecule has 0 saturated carbocycles. The largest absolute Gasteiger partial charge is 0.508 e. The van der Waals surface area contributed by atoms with Crippen molar-refractivity contribution in [3.8, 4) is 17.2 Å². The molecule has 0 saturated heterocycles. The Kier molecular flexibility index (Phi) is 8.36. The molecule has 0 atom stereocenters. The molecule has 0 aliphatic carbocycles. The van der Waals surface area contributed by atoms with Gasteiger partial charge in [-0.25, -0.2) is 0 Å². The molecular formula is C14H20O7. The van der Waals surface area contributed by atoms with Crippen LogP contribution in [0.2, 0.25) is 0 Å². The summed E-state index contributed by atoms with van der Waals surface area (Å²) in [5.41, 5.74) is 0. The quantitative estimate of drug-likeness (QED) is 0.334. The van der Waals surface area contributed by atoms with Gasteiger partial charge in [0.25, 0.3) is 0 Å². The number of aromatic hydroxyl groups is 3. The zero-order valence-corrected chi connectivity index (χ0v) is 12.2. The number of phenolic OH excluding ortho intramolecular Hbond substituents is 3. The Balaban J connectivity index is 0.000000394. The van der Waals surface area contributed by atoms with Gasteiger partial charge in [-0.1, -0.05) is 0 Å². The van der Waals surface area contributed by atoms with Crippen LogP contribution in [0.1, 0.15) is 20.8 Å². The smallest absolute Gasteiger partial charge is 0.320 e. The Morgan fingerprint density at radius 3 is 1.81 bits per heavy atom. The standard InChI is InChI=1S/C8H14O4.C6H6O3/c1-4-11-7(9)6(3)8(10)12-5-2;7-4-1-2-5(8)6(9)3-4/h6H,4-5H2,1-3H3;1-3,7-9H. The predicted molar refractivity (Wildman–Crippen MR) is 73.9 cm³/mol. The molecule has 0 aliphatic rings. The first-order valence-corrected chi connectivity index (χ1v) is 6.37. The van der Waals surface area contributed by atoms with E-state index in [0.717, 1.165) is 6.07 Å². The van der Waals surface area contributed by atoms with E-state index in [0.29, 0.717) is 0 Å². The first-order valence-electron chi connectivity index (χ1n) is 6.37. The summed E-state index contributed by atoms with van der Waals surface area (Å²) in [7, 11) is 0. The molecule has 7 nitrogen and oxygen atoms in total. The summed E-state index contributed by atoms with van der Waals surface area (Å²) in [6.45, 7) is 5.41. The molecule has 0 aromatic heterocycles. The number of hydrogen-bond donors (Lipinski definition) is 3. The normalized spacial score (nSPS) is 9.52. The van der Waals surface area contributed by atoms with Crippen molar-refractivity contribution in [1.82, 2.24) is 0 Å². The van der Waals surface area contributed by atoms with E-state index in [1.54, 1.807) is 13.8 Å². The van der Waals surface area contributed by atoms with Crippen LogP contribution in [0.15, 0.2) is 18.2 Å². The van der Waals surface area contributed by atoms with Crippen molar-refractivity contribution < 1.29 is 34.4 Å². The van der Waals surface area contributed by atoms with Gasteiger partial charge in [0.15, 0.2) is 17.4 Å². The first kappa shape index (κ1) is 18.6. The van der Waals surface area contributed by atoms with Gasteiger partial charge in [0.2, 0.25) is 0 Å².